The predicted molar refractivity (Wildman–Crippen MR) is 116 cm³/mol. The number of amides is 2. The number of ether oxygens (including phenoxy) is 1. The van der Waals surface area contributed by atoms with Crippen LogP contribution in [0.15, 0.2) is 53.4 Å². The third-order valence-corrected chi connectivity index (χ3v) is 7.15. The molecule has 0 radical (unpaired) electrons. The molecule has 0 aliphatic carbocycles. The molecule has 1 aliphatic heterocycles. The zero-order valence-electron chi connectivity index (χ0n) is 17.8. The first kappa shape index (κ1) is 23.9. The van der Waals surface area contributed by atoms with Crippen LogP contribution in [0, 0.1) is 6.92 Å². The number of urea groups is 1. The highest BCUT2D eigenvalue weighted by molar-refractivity contribution is 7.89. The molecule has 0 unspecified atom stereocenters. The van der Waals surface area contributed by atoms with Crippen LogP contribution in [0.25, 0.3) is 0 Å². The first-order chi connectivity index (χ1) is 15.3. The molecule has 1 N–H and O–H groups in total. The van der Waals surface area contributed by atoms with Crippen molar-refractivity contribution in [3.63, 3.8) is 0 Å². The maximum Gasteiger partial charge on any atom is 0.387 e. The highest BCUT2D eigenvalue weighted by Crippen LogP contribution is 2.18. The van der Waals surface area contributed by atoms with Gasteiger partial charge in [0.1, 0.15) is 5.75 Å². The van der Waals surface area contributed by atoms with Gasteiger partial charge in [0.05, 0.1) is 4.90 Å². The van der Waals surface area contributed by atoms with E-state index in [1.165, 1.54) is 16.4 Å². The highest BCUT2D eigenvalue weighted by Gasteiger charge is 2.28. The minimum atomic E-state index is -3.60. The van der Waals surface area contributed by atoms with Gasteiger partial charge in [0.15, 0.2) is 0 Å². The molecule has 2 amide bonds. The minimum Gasteiger partial charge on any atom is -0.435 e. The van der Waals surface area contributed by atoms with Gasteiger partial charge in [0.25, 0.3) is 0 Å². The number of hydrogen-bond donors (Lipinski definition) is 1. The van der Waals surface area contributed by atoms with Crippen LogP contribution in [0.4, 0.5) is 13.6 Å². The SMILES string of the molecule is Cc1ccc(S(=O)(=O)N2CCCN(C(=O)NCCc3ccc(OC(F)F)cc3)CC2)cc1. The summed E-state index contributed by atoms with van der Waals surface area (Å²) in [6.07, 6.45) is 1.08. The lowest BCUT2D eigenvalue weighted by atomic mass is 10.1. The number of carbonyl (C=O) groups excluding carboxylic acids is 1. The van der Waals surface area contributed by atoms with E-state index in [0.717, 1.165) is 11.1 Å². The van der Waals surface area contributed by atoms with E-state index in [0.29, 0.717) is 39.0 Å². The Labute approximate surface area is 187 Å². The maximum atomic E-state index is 12.9. The Hall–Kier alpha value is -2.72. The van der Waals surface area contributed by atoms with Crippen LogP contribution < -0.4 is 10.1 Å². The Morgan fingerprint density at radius 3 is 2.38 bits per heavy atom. The first-order valence-electron chi connectivity index (χ1n) is 10.4. The quantitative estimate of drug-likeness (QED) is 0.678. The van der Waals surface area contributed by atoms with E-state index < -0.39 is 16.6 Å². The molecule has 7 nitrogen and oxygen atoms in total. The first-order valence-corrected chi connectivity index (χ1v) is 11.8. The van der Waals surface area contributed by atoms with Gasteiger partial charge in [-0.25, -0.2) is 13.2 Å². The lowest BCUT2D eigenvalue weighted by Crippen LogP contribution is -2.43. The summed E-state index contributed by atoms with van der Waals surface area (Å²) in [4.78, 5) is 14.4. The van der Waals surface area contributed by atoms with Crippen molar-refractivity contribution in [2.45, 2.75) is 31.3 Å². The van der Waals surface area contributed by atoms with Gasteiger partial charge in [-0.1, -0.05) is 29.8 Å². The number of carbonyl (C=O) groups is 1. The minimum absolute atomic E-state index is 0.0856. The van der Waals surface area contributed by atoms with Gasteiger partial charge in [-0.2, -0.15) is 13.1 Å². The van der Waals surface area contributed by atoms with Crippen LogP contribution in [0.5, 0.6) is 5.75 Å². The van der Waals surface area contributed by atoms with Gasteiger partial charge < -0.3 is 15.0 Å². The highest BCUT2D eigenvalue weighted by atomic mass is 32.2. The maximum absolute atomic E-state index is 12.9. The normalized spacial score (nSPS) is 15.4. The number of nitrogens with zero attached hydrogens (tertiary/aromatic N) is 2. The zero-order valence-corrected chi connectivity index (χ0v) is 18.7. The standard InChI is InChI=1S/C22H27F2N3O4S/c1-17-3-9-20(10-4-17)32(29,30)27-14-2-13-26(15-16-27)22(28)25-12-11-18-5-7-19(8-6-18)31-21(23)24/h3-10,21H,2,11-16H2,1H3,(H,25,28). The molecule has 3 rings (SSSR count). The van der Waals surface area contributed by atoms with Crippen LogP contribution >= 0.6 is 0 Å². The molecule has 2 aromatic carbocycles. The van der Waals surface area contributed by atoms with Gasteiger partial charge in [-0.3, -0.25) is 0 Å². The summed E-state index contributed by atoms with van der Waals surface area (Å²) in [6.45, 7) is 0.756. The molecule has 32 heavy (non-hydrogen) atoms. The summed E-state index contributed by atoms with van der Waals surface area (Å²) in [5.74, 6) is 0.0856. The number of hydrogen-bond acceptors (Lipinski definition) is 4. The lowest BCUT2D eigenvalue weighted by Gasteiger charge is -2.22. The molecule has 0 atom stereocenters. The Morgan fingerprint density at radius 2 is 1.72 bits per heavy atom. The zero-order chi connectivity index (χ0) is 23.1. The van der Waals surface area contributed by atoms with Gasteiger partial charge in [0.2, 0.25) is 10.0 Å². The summed E-state index contributed by atoms with van der Waals surface area (Å²) in [7, 11) is -3.60. The van der Waals surface area contributed by atoms with Gasteiger partial charge in [-0.05, 0) is 49.6 Å². The number of sulfonamides is 1. The molecule has 1 fully saturated rings. The van der Waals surface area contributed by atoms with Crippen molar-refractivity contribution in [1.29, 1.82) is 0 Å². The van der Waals surface area contributed by atoms with E-state index in [4.69, 9.17) is 0 Å². The molecule has 0 saturated carbocycles. The monoisotopic (exact) mass is 467 g/mol. The van der Waals surface area contributed by atoms with Crippen molar-refractivity contribution in [3.8, 4) is 5.75 Å². The average Bonchev–Trinajstić information content (AvgIpc) is 3.02. The smallest absolute Gasteiger partial charge is 0.387 e. The molecule has 0 bridgehead atoms. The number of rotatable bonds is 7. The Bertz CT molecular complexity index is 999. The summed E-state index contributed by atoms with van der Waals surface area (Å²) < 4.78 is 55.9. The van der Waals surface area contributed by atoms with E-state index in [-0.39, 0.29) is 23.2 Å². The number of alkyl halides is 2. The molecule has 0 aromatic heterocycles. The van der Waals surface area contributed by atoms with Gasteiger partial charge in [0, 0.05) is 32.7 Å². The van der Waals surface area contributed by atoms with E-state index in [2.05, 4.69) is 10.1 Å². The fraction of sp³-hybridized carbons (Fsp3) is 0.409. The largest absolute Gasteiger partial charge is 0.435 e. The van der Waals surface area contributed by atoms with Crippen LogP contribution in [-0.2, 0) is 16.4 Å². The average molecular weight is 468 g/mol. The van der Waals surface area contributed by atoms with Crippen molar-refractivity contribution in [2.75, 3.05) is 32.7 Å². The summed E-state index contributed by atoms with van der Waals surface area (Å²) in [5.41, 5.74) is 1.86. The van der Waals surface area contributed by atoms with Crippen molar-refractivity contribution in [2.24, 2.45) is 0 Å². The van der Waals surface area contributed by atoms with Crippen LogP contribution in [0.2, 0.25) is 0 Å². The molecule has 1 heterocycles. The Morgan fingerprint density at radius 1 is 1.03 bits per heavy atom. The van der Waals surface area contributed by atoms with E-state index in [1.54, 1.807) is 41.3 Å². The van der Waals surface area contributed by atoms with Crippen molar-refractivity contribution in [1.82, 2.24) is 14.5 Å². The van der Waals surface area contributed by atoms with E-state index in [1.807, 2.05) is 6.92 Å². The van der Waals surface area contributed by atoms with Crippen LogP contribution in [-0.4, -0.2) is 63.0 Å². The second kappa shape index (κ2) is 10.7. The fourth-order valence-electron chi connectivity index (χ4n) is 3.46. The number of benzene rings is 2. The van der Waals surface area contributed by atoms with Crippen molar-refractivity contribution < 1.29 is 26.7 Å². The summed E-state index contributed by atoms with van der Waals surface area (Å²) in [6, 6.07) is 12.7. The summed E-state index contributed by atoms with van der Waals surface area (Å²) in [5, 5.41) is 2.83. The fourth-order valence-corrected chi connectivity index (χ4v) is 4.93. The van der Waals surface area contributed by atoms with E-state index >= 15 is 0 Å². The summed E-state index contributed by atoms with van der Waals surface area (Å²) >= 11 is 0. The Balaban J connectivity index is 1.48. The van der Waals surface area contributed by atoms with Crippen LogP contribution in [0.3, 0.4) is 0 Å². The Kier molecular flexibility index (Phi) is 8.03. The number of halogens is 2. The lowest BCUT2D eigenvalue weighted by molar-refractivity contribution is -0.0498. The molecule has 1 saturated heterocycles. The van der Waals surface area contributed by atoms with Crippen molar-refractivity contribution >= 4 is 16.1 Å². The second-order valence-electron chi connectivity index (χ2n) is 7.56. The molecule has 2 aromatic rings. The second-order valence-corrected chi connectivity index (χ2v) is 9.50. The molecular formula is C22H27F2N3O4S. The van der Waals surface area contributed by atoms with Gasteiger partial charge in [-0.15, -0.1) is 0 Å². The number of aryl methyl sites for hydroxylation is 1. The molecule has 174 valence electrons. The van der Waals surface area contributed by atoms with Gasteiger partial charge >= 0.3 is 12.6 Å². The van der Waals surface area contributed by atoms with E-state index in [9.17, 15) is 22.0 Å². The third-order valence-electron chi connectivity index (χ3n) is 5.24. The topological polar surface area (TPSA) is 79.0 Å². The predicted octanol–water partition coefficient (Wildman–Crippen LogP) is 3.25. The molecule has 1 aliphatic rings. The molecular weight excluding hydrogens is 440 g/mol. The van der Waals surface area contributed by atoms with Crippen molar-refractivity contribution in [3.05, 3.63) is 59.7 Å². The van der Waals surface area contributed by atoms with Crippen LogP contribution in [0.1, 0.15) is 17.5 Å². The third kappa shape index (κ3) is 6.39. The molecule has 10 heteroatoms. The number of nitrogens with one attached hydrogen (secondary N) is 1. The molecule has 0 spiro atoms.